The molecule has 1 amide bonds. The predicted octanol–water partition coefficient (Wildman–Crippen LogP) is 2.06. The maximum absolute atomic E-state index is 12.2. The van der Waals surface area contributed by atoms with E-state index in [4.69, 9.17) is 4.42 Å². The fourth-order valence-electron chi connectivity index (χ4n) is 2.43. The van der Waals surface area contributed by atoms with E-state index in [-0.39, 0.29) is 17.7 Å². The van der Waals surface area contributed by atoms with Crippen LogP contribution in [0.5, 0.6) is 0 Å². The molecule has 0 radical (unpaired) electrons. The Morgan fingerprint density at radius 1 is 1.30 bits per heavy atom. The van der Waals surface area contributed by atoms with E-state index < -0.39 is 0 Å². The first-order valence-corrected chi connectivity index (χ1v) is 6.47. The van der Waals surface area contributed by atoms with Crippen molar-refractivity contribution < 1.29 is 9.21 Å². The molecule has 6 heteroatoms. The first kappa shape index (κ1) is 11.2. The lowest BCUT2D eigenvalue weighted by molar-refractivity contribution is -0.117. The highest BCUT2D eigenvalue weighted by Gasteiger charge is 2.46. The number of fused-ring (bicyclic) bond motifs is 1. The van der Waals surface area contributed by atoms with Gasteiger partial charge in [-0.25, -0.2) is 0 Å². The zero-order chi connectivity index (χ0) is 13.5. The number of aromatic nitrogens is 3. The predicted molar refractivity (Wildman–Crippen MR) is 71.2 cm³/mol. The maximum Gasteiger partial charge on any atom is 0.235 e. The van der Waals surface area contributed by atoms with Gasteiger partial charge in [0.1, 0.15) is 5.76 Å². The fourth-order valence-corrected chi connectivity index (χ4v) is 2.43. The first-order valence-electron chi connectivity index (χ1n) is 6.47. The van der Waals surface area contributed by atoms with Crippen molar-refractivity contribution in [3.8, 4) is 0 Å². The Balaban J connectivity index is 1.51. The number of furan rings is 1. The normalized spacial score (nSPS) is 21.0. The monoisotopic (exact) mass is 268 g/mol. The Kier molecular flexibility index (Phi) is 2.35. The molecule has 1 aliphatic carbocycles. The van der Waals surface area contributed by atoms with Gasteiger partial charge in [-0.1, -0.05) is 6.07 Å². The van der Waals surface area contributed by atoms with Crippen molar-refractivity contribution in [2.75, 3.05) is 5.32 Å². The Labute approximate surface area is 114 Å². The van der Waals surface area contributed by atoms with E-state index in [2.05, 4.69) is 15.5 Å². The molecule has 3 aromatic rings. The third-order valence-electron chi connectivity index (χ3n) is 3.58. The van der Waals surface area contributed by atoms with Crippen molar-refractivity contribution in [3.63, 3.8) is 0 Å². The lowest BCUT2D eigenvalue weighted by atomic mass is 10.2. The maximum atomic E-state index is 12.2. The number of nitrogens with one attached hydrogen (secondary N) is 1. The first-order chi connectivity index (χ1) is 9.83. The Hall–Kier alpha value is -2.63. The highest BCUT2D eigenvalue weighted by Crippen LogP contribution is 2.48. The summed E-state index contributed by atoms with van der Waals surface area (Å²) in [6.07, 6.45) is 4.27. The third-order valence-corrected chi connectivity index (χ3v) is 3.58. The summed E-state index contributed by atoms with van der Waals surface area (Å²) >= 11 is 0. The molecule has 0 aromatic carbocycles. The standard InChI is InChI=1S/C14H12N4O2/c19-13(10-8-9(10)11-4-3-7-20-11)15-14-17-16-12-5-1-2-6-18(12)14/h1-7,9-10H,8H2,(H,15,17,19)/t9-,10+/m1/s1. The molecule has 1 N–H and O–H groups in total. The molecule has 0 saturated heterocycles. The van der Waals surface area contributed by atoms with Gasteiger partial charge in [0, 0.05) is 18.0 Å². The minimum atomic E-state index is -0.0442. The van der Waals surface area contributed by atoms with Crippen LogP contribution in [0.2, 0.25) is 0 Å². The van der Waals surface area contributed by atoms with Gasteiger partial charge in [0.25, 0.3) is 0 Å². The zero-order valence-corrected chi connectivity index (χ0v) is 10.6. The van der Waals surface area contributed by atoms with E-state index in [1.807, 2.05) is 36.5 Å². The molecule has 4 rings (SSSR count). The van der Waals surface area contributed by atoms with E-state index in [1.54, 1.807) is 10.7 Å². The van der Waals surface area contributed by atoms with E-state index in [0.29, 0.717) is 11.6 Å². The van der Waals surface area contributed by atoms with E-state index in [0.717, 1.165) is 12.2 Å². The van der Waals surface area contributed by atoms with Crippen molar-refractivity contribution >= 4 is 17.5 Å². The molecule has 20 heavy (non-hydrogen) atoms. The number of amides is 1. The highest BCUT2D eigenvalue weighted by molar-refractivity contribution is 5.94. The van der Waals surface area contributed by atoms with Crippen molar-refractivity contribution in [1.82, 2.24) is 14.6 Å². The minimum Gasteiger partial charge on any atom is -0.469 e. The van der Waals surface area contributed by atoms with E-state index in [1.165, 1.54) is 0 Å². The third kappa shape index (κ3) is 1.77. The van der Waals surface area contributed by atoms with Crippen molar-refractivity contribution in [3.05, 3.63) is 48.6 Å². The van der Waals surface area contributed by atoms with Gasteiger partial charge in [0.2, 0.25) is 11.9 Å². The lowest BCUT2D eigenvalue weighted by Crippen LogP contribution is -2.16. The quantitative estimate of drug-likeness (QED) is 0.789. The molecule has 0 bridgehead atoms. The molecule has 0 aliphatic heterocycles. The fraction of sp³-hybridized carbons (Fsp3) is 0.214. The summed E-state index contributed by atoms with van der Waals surface area (Å²) in [5.41, 5.74) is 0.709. The van der Waals surface area contributed by atoms with Gasteiger partial charge in [0.05, 0.1) is 6.26 Å². The van der Waals surface area contributed by atoms with Crippen LogP contribution in [0, 0.1) is 5.92 Å². The van der Waals surface area contributed by atoms with Crippen LogP contribution in [0.15, 0.2) is 47.2 Å². The summed E-state index contributed by atoms with van der Waals surface area (Å²) in [5, 5.41) is 10.8. The second-order valence-corrected chi connectivity index (χ2v) is 4.91. The van der Waals surface area contributed by atoms with Crippen LogP contribution < -0.4 is 5.32 Å². The molecule has 6 nitrogen and oxygen atoms in total. The molecule has 100 valence electrons. The van der Waals surface area contributed by atoms with Crippen molar-refractivity contribution in [1.29, 1.82) is 0 Å². The SMILES string of the molecule is O=C(Nc1nnc2ccccn12)[C@H]1C[C@H]1c1ccco1. The number of hydrogen-bond donors (Lipinski definition) is 1. The molecule has 3 aromatic heterocycles. The molecular weight excluding hydrogens is 256 g/mol. The summed E-state index contributed by atoms with van der Waals surface area (Å²) in [5.74, 6) is 1.43. The molecule has 3 heterocycles. The average Bonchev–Trinajstić information content (AvgIpc) is 2.92. The molecule has 2 atom stereocenters. The minimum absolute atomic E-state index is 0.0375. The molecule has 0 spiro atoms. The summed E-state index contributed by atoms with van der Waals surface area (Å²) in [6, 6.07) is 9.34. The van der Waals surface area contributed by atoms with Gasteiger partial charge in [0.15, 0.2) is 5.65 Å². The number of nitrogens with zero attached hydrogens (tertiary/aromatic N) is 3. The Bertz CT molecular complexity index is 762. The van der Waals surface area contributed by atoms with Crippen molar-refractivity contribution in [2.24, 2.45) is 5.92 Å². The molecule has 0 unspecified atom stereocenters. The van der Waals surface area contributed by atoms with E-state index in [9.17, 15) is 4.79 Å². The summed E-state index contributed by atoms with van der Waals surface area (Å²) < 4.78 is 7.08. The molecule has 1 fully saturated rings. The summed E-state index contributed by atoms with van der Waals surface area (Å²) in [6.45, 7) is 0. The number of pyridine rings is 1. The number of rotatable bonds is 3. The summed E-state index contributed by atoms with van der Waals surface area (Å²) in [7, 11) is 0. The van der Waals surface area contributed by atoms with Gasteiger partial charge in [-0.05, 0) is 30.7 Å². The van der Waals surface area contributed by atoms with Gasteiger partial charge in [-0.2, -0.15) is 0 Å². The van der Waals surface area contributed by atoms with Crippen LogP contribution in [0.3, 0.4) is 0 Å². The van der Waals surface area contributed by atoms with Gasteiger partial charge >= 0.3 is 0 Å². The molecular formula is C14H12N4O2. The topological polar surface area (TPSA) is 72.4 Å². The molecule has 1 aliphatic rings. The van der Waals surface area contributed by atoms with Crippen molar-refractivity contribution in [2.45, 2.75) is 12.3 Å². The Morgan fingerprint density at radius 2 is 2.25 bits per heavy atom. The zero-order valence-electron chi connectivity index (χ0n) is 10.6. The number of carbonyl (C=O) groups is 1. The van der Waals surface area contributed by atoms with Crippen LogP contribution in [-0.2, 0) is 4.79 Å². The lowest BCUT2D eigenvalue weighted by Gasteiger charge is -2.02. The van der Waals surface area contributed by atoms with Gasteiger partial charge in [-0.3, -0.25) is 14.5 Å². The largest absolute Gasteiger partial charge is 0.469 e. The average molecular weight is 268 g/mol. The van der Waals surface area contributed by atoms with E-state index >= 15 is 0 Å². The van der Waals surface area contributed by atoms with Gasteiger partial charge < -0.3 is 4.42 Å². The number of carbonyl (C=O) groups excluding carboxylic acids is 1. The summed E-state index contributed by atoms with van der Waals surface area (Å²) in [4.78, 5) is 12.2. The number of anilines is 1. The molecule has 1 saturated carbocycles. The van der Waals surface area contributed by atoms with Crippen LogP contribution in [0.25, 0.3) is 5.65 Å². The second-order valence-electron chi connectivity index (χ2n) is 4.91. The van der Waals surface area contributed by atoms with Crippen LogP contribution in [-0.4, -0.2) is 20.5 Å². The van der Waals surface area contributed by atoms with Crippen LogP contribution in [0.4, 0.5) is 5.95 Å². The van der Waals surface area contributed by atoms with Crippen LogP contribution >= 0.6 is 0 Å². The van der Waals surface area contributed by atoms with Crippen LogP contribution in [0.1, 0.15) is 18.1 Å². The van der Waals surface area contributed by atoms with Gasteiger partial charge in [-0.15, -0.1) is 10.2 Å². The second kappa shape index (κ2) is 4.19. The Morgan fingerprint density at radius 3 is 3.10 bits per heavy atom. The smallest absolute Gasteiger partial charge is 0.235 e. The number of hydrogen-bond acceptors (Lipinski definition) is 4. The highest BCUT2D eigenvalue weighted by atomic mass is 16.3.